The van der Waals surface area contributed by atoms with Crippen LogP contribution >= 0.6 is 0 Å². The molecule has 1 aromatic carbocycles. The minimum Gasteiger partial charge on any atom is -0.369 e. The van der Waals surface area contributed by atoms with Crippen molar-refractivity contribution in [2.75, 3.05) is 0 Å². The Kier molecular flexibility index (Phi) is 4.45. The molecule has 6 heteroatoms. The van der Waals surface area contributed by atoms with Gasteiger partial charge in [0.1, 0.15) is 0 Å². The first-order chi connectivity index (χ1) is 9.44. The van der Waals surface area contributed by atoms with E-state index < -0.39 is 21.8 Å². The number of hydrogen-bond donors (Lipinski definition) is 2. The second kappa shape index (κ2) is 5.93. The van der Waals surface area contributed by atoms with E-state index in [4.69, 9.17) is 5.73 Å². The largest absolute Gasteiger partial charge is 0.369 e. The van der Waals surface area contributed by atoms with Crippen molar-refractivity contribution in [1.29, 1.82) is 0 Å². The van der Waals surface area contributed by atoms with Crippen molar-refractivity contribution in [2.24, 2.45) is 11.7 Å². The molecule has 1 amide bonds. The van der Waals surface area contributed by atoms with E-state index in [0.29, 0.717) is 12.8 Å². The second-order valence-electron chi connectivity index (χ2n) is 5.17. The molecule has 110 valence electrons. The highest BCUT2D eigenvalue weighted by atomic mass is 32.2. The van der Waals surface area contributed by atoms with Crippen LogP contribution in [0, 0.1) is 5.92 Å². The summed E-state index contributed by atoms with van der Waals surface area (Å²) in [7, 11) is -3.59. The third-order valence-electron chi connectivity index (χ3n) is 3.83. The van der Waals surface area contributed by atoms with Crippen molar-refractivity contribution in [1.82, 2.24) is 4.72 Å². The number of carbonyl (C=O) groups is 1. The molecule has 0 aromatic heterocycles. The van der Waals surface area contributed by atoms with Crippen molar-refractivity contribution in [3.8, 4) is 0 Å². The molecule has 1 aromatic rings. The molecule has 0 radical (unpaired) electrons. The Balaban J connectivity index is 2.16. The summed E-state index contributed by atoms with van der Waals surface area (Å²) in [6, 6.07) is 6.40. The molecule has 1 fully saturated rings. The number of nitrogens with one attached hydrogen (secondary N) is 1. The number of aryl methyl sites for hydroxylation is 1. The highest BCUT2D eigenvalue weighted by Crippen LogP contribution is 2.26. The predicted octanol–water partition coefficient (Wildman–Crippen LogP) is 1.18. The van der Waals surface area contributed by atoms with E-state index in [9.17, 15) is 13.2 Å². The molecule has 1 saturated carbocycles. The summed E-state index contributed by atoms with van der Waals surface area (Å²) in [5, 5.41) is 0. The Hall–Kier alpha value is -1.40. The van der Waals surface area contributed by atoms with Crippen LogP contribution in [0.3, 0.4) is 0 Å². The van der Waals surface area contributed by atoms with Gasteiger partial charge < -0.3 is 5.73 Å². The van der Waals surface area contributed by atoms with Gasteiger partial charge in [-0.3, -0.25) is 4.79 Å². The first kappa shape index (κ1) is 15.0. The maximum absolute atomic E-state index is 12.3. The summed E-state index contributed by atoms with van der Waals surface area (Å²) >= 11 is 0. The van der Waals surface area contributed by atoms with E-state index >= 15 is 0 Å². The number of rotatable bonds is 5. The van der Waals surface area contributed by atoms with Crippen LogP contribution in [-0.2, 0) is 21.2 Å². The van der Waals surface area contributed by atoms with Crippen LogP contribution in [0.5, 0.6) is 0 Å². The maximum Gasteiger partial charge on any atom is 0.240 e. The number of amides is 1. The quantitative estimate of drug-likeness (QED) is 0.855. The molecule has 0 saturated heterocycles. The monoisotopic (exact) mass is 296 g/mol. The van der Waals surface area contributed by atoms with Gasteiger partial charge in [0.15, 0.2) is 0 Å². The lowest BCUT2D eigenvalue weighted by atomic mass is 10.0. The molecule has 0 spiro atoms. The van der Waals surface area contributed by atoms with Gasteiger partial charge in [-0.2, -0.15) is 0 Å². The predicted molar refractivity (Wildman–Crippen MR) is 76.5 cm³/mol. The molecule has 5 nitrogen and oxygen atoms in total. The molecule has 0 aliphatic heterocycles. The molecule has 0 unspecified atom stereocenters. The van der Waals surface area contributed by atoms with Crippen LogP contribution in [-0.4, -0.2) is 20.4 Å². The summed E-state index contributed by atoms with van der Waals surface area (Å²) in [6.07, 6.45) is 2.98. The molecule has 1 aliphatic rings. The summed E-state index contributed by atoms with van der Waals surface area (Å²) < 4.78 is 27.2. The average molecular weight is 296 g/mol. The third kappa shape index (κ3) is 3.19. The van der Waals surface area contributed by atoms with Gasteiger partial charge in [0.2, 0.25) is 15.9 Å². The molecule has 2 rings (SSSR count). The van der Waals surface area contributed by atoms with E-state index in [1.807, 2.05) is 6.92 Å². The van der Waals surface area contributed by atoms with Crippen molar-refractivity contribution in [2.45, 2.75) is 43.5 Å². The summed E-state index contributed by atoms with van der Waals surface area (Å²) in [4.78, 5) is 11.5. The zero-order valence-corrected chi connectivity index (χ0v) is 12.3. The molecule has 0 bridgehead atoms. The van der Waals surface area contributed by atoms with Crippen LogP contribution in [0.1, 0.15) is 31.7 Å². The Labute approximate surface area is 119 Å². The third-order valence-corrected chi connectivity index (χ3v) is 5.34. The fourth-order valence-electron chi connectivity index (χ4n) is 2.61. The first-order valence-corrected chi connectivity index (χ1v) is 8.33. The number of sulfonamides is 1. The van der Waals surface area contributed by atoms with Gasteiger partial charge in [0.05, 0.1) is 10.8 Å². The number of carbonyl (C=O) groups excluding carboxylic acids is 1. The van der Waals surface area contributed by atoms with Gasteiger partial charge >= 0.3 is 0 Å². The molecular weight excluding hydrogens is 276 g/mol. The van der Waals surface area contributed by atoms with Crippen LogP contribution in [0.4, 0.5) is 0 Å². The Morgan fingerprint density at radius 3 is 2.50 bits per heavy atom. The van der Waals surface area contributed by atoms with Crippen LogP contribution < -0.4 is 10.5 Å². The van der Waals surface area contributed by atoms with Gasteiger partial charge in [-0.1, -0.05) is 25.5 Å². The fourth-order valence-corrected chi connectivity index (χ4v) is 3.92. The van der Waals surface area contributed by atoms with Gasteiger partial charge in [-0.05, 0) is 37.0 Å². The standard InChI is InChI=1S/C14H20N2O3S/c1-2-10-6-8-11(9-7-10)20(18,19)16-13-5-3-4-12(13)14(15)17/h6-9,12-13,16H,2-5H2,1H3,(H2,15,17)/t12-,13-/m1/s1. The Bertz CT molecular complexity index is 581. The van der Waals surface area contributed by atoms with Crippen LogP contribution in [0.2, 0.25) is 0 Å². The highest BCUT2D eigenvalue weighted by molar-refractivity contribution is 7.89. The normalized spacial score (nSPS) is 22.9. The van der Waals surface area contributed by atoms with E-state index in [1.165, 1.54) is 0 Å². The maximum atomic E-state index is 12.3. The summed E-state index contributed by atoms with van der Waals surface area (Å²) in [5.74, 6) is -0.837. The topological polar surface area (TPSA) is 89.3 Å². The van der Waals surface area contributed by atoms with E-state index in [1.54, 1.807) is 24.3 Å². The molecule has 3 N–H and O–H groups in total. The number of benzene rings is 1. The SMILES string of the molecule is CCc1ccc(S(=O)(=O)N[C@@H]2CCC[C@H]2C(N)=O)cc1. The van der Waals surface area contributed by atoms with E-state index in [-0.39, 0.29) is 10.9 Å². The molecule has 2 atom stereocenters. The minimum atomic E-state index is -3.59. The Morgan fingerprint density at radius 2 is 1.95 bits per heavy atom. The van der Waals surface area contributed by atoms with Gasteiger partial charge in [0.25, 0.3) is 0 Å². The van der Waals surface area contributed by atoms with Gasteiger partial charge in [-0.15, -0.1) is 0 Å². The van der Waals surface area contributed by atoms with Crippen LogP contribution in [0.15, 0.2) is 29.2 Å². The lowest BCUT2D eigenvalue weighted by Gasteiger charge is -2.18. The van der Waals surface area contributed by atoms with Crippen molar-refractivity contribution in [3.05, 3.63) is 29.8 Å². The molecule has 20 heavy (non-hydrogen) atoms. The van der Waals surface area contributed by atoms with Crippen molar-refractivity contribution < 1.29 is 13.2 Å². The number of nitrogens with two attached hydrogens (primary N) is 1. The van der Waals surface area contributed by atoms with Gasteiger partial charge in [-0.25, -0.2) is 13.1 Å². The van der Waals surface area contributed by atoms with Crippen LogP contribution in [0.25, 0.3) is 0 Å². The zero-order valence-electron chi connectivity index (χ0n) is 11.5. The minimum absolute atomic E-state index is 0.227. The average Bonchev–Trinajstić information content (AvgIpc) is 2.86. The van der Waals surface area contributed by atoms with Crippen molar-refractivity contribution in [3.63, 3.8) is 0 Å². The smallest absolute Gasteiger partial charge is 0.240 e. The molecule has 1 aliphatic carbocycles. The molecule has 0 heterocycles. The fraction of sp³-hybridized carbons (Fsp3) is 0.500. The summed E-state index contributed by atoms with van der Waals surface area (Å²) in [5.41, 5.74) is 6.39. The van der Waals surface area contributed by atoms with Crippen molar-refractivity contribution >= 4 is 15.9 Å². The van der Waals surface area contributed by atoms with E-state index in [2.05, 4.69) is 4.72 Å². The van der Waals surface area contributed by atoms with E-state index in [0.717, 1.165) is 18.4 Å². The second-order valence-corrected chi connectivity index (χ2v) is 6.88. The highest BCUT2D eigenvalue weighted by Gasteiger charge is 2.34. The number of primary amides is 1. The zero-order chi connectivity index (χ0) is 14.8. The van der Waals surface area contributed by atoms with Gasteiger partial charge in [0, 0.05) is 6.04 Å². The molecular formula is C14H20N2O3S. The number of hydrogen-bond acceptors (Lipinski definition) is 3. The Morgan fingerprint density at radius 1 is 1.30 bits per heavy atom. The lowest BCUT2D eigenvalue weighted by Crippen LogP contribution is -2.42. The lowest BCUT2D eigenvalue weighted by molar-refractivity contribution is -0.122. The summed E-state index contributed by atoms with van der Waals surface area (Å²) in [6.45, 7) is 2.01. The first-order valence-electron chi connectivity index (χ1n) is 6.84.